The van der Waals surface area contributed by atoms with Crippen LogP contribution >= 0.6 is 49.0 Å². The number of halogens is 3. The van der Waals surface area contributed by atoms with Crippen molar-refractivity contribution in [2.75, 3.05) is 32.5 Å². The molecule has 0 radical (unpaired) electrons. The number of aliphatic carboxylic acids is 1. The van der Waals surface area contributed by atoms with Crippen LogP contribution in [0.4, 0.5) is 0 Å². The zero-order valence-corrected chi connectivity index (χ0v) is 23.8. The van der Waals surface area contributed by atoms with Crippen molar-refractivity contribution in [1.29, 1.82) is 0 Å². The summed E-state index contributed by atoms with van der Waals surface area (Å²) in [6, 6.07) is 13.3. The average molecular weight is 591 g/mol. The zero-order valence-electron chi connectivity index (χ0n) is 20.6. The number of ether oxygens (including phenoxy) is 1. The summed E-state index contributed by atoms with van der Waals surface area (Å²) in [6.45, 7) is 2.27. The molecule has 1 aliphatic heterocycles. The van der Waals surface area contributed by atoms with Gasteiger partial charge in [0.25, 0.3) is 0 Å². The Balaban J connectivity index is 0.00000228. The molecule has 7 nitrogen and oxygen atoms in total. The van der Waals surface area contributed by atoms with Crippen LogP contribution in [0.25, 0.3) is 10.9 Å². The summed E-state index contributed by atoms with van der Waals surface area (Å²) in [7, 11) is 1.61. The fourth-order valence-electron chi connectivity index (χ4n) is 4.70. The third-order valence-corrected chi connectivity index (χ3v) is 7.53. The van der Waals surface area contributed by atoms with Gasteiger partial charge in [0.05, 0.1) is 29.7 Å². The number of aliphatic hydroxyl groups excluding tert-OH is 1. The molecule has 1 fully saturated rings. The summed E-state index contributed by atoms with van der Waals surface area (Å²) < 4.78 is 5.33. The number of carboxylic acids is 1. The fourth-order valence-corrected chi connectivity index (χ4v) is 5.57. The van der Waals surface area contributed by atoms with Crippen LogP contribution in [0.2, 0.25) is 0 Å². The predicted molar refractivity (Wildman–Crippen MR) is 155 cm³/mol. The van der Waals surface area contributed by atoms with Gasteiger partial charge in [-0.3, -0.25) is 9.78 Å². The van der Waals surface area contributed by atoms with Gasteiger partial charge in [0.1, 0.15) is 5.75 Å². The number of hydrogen-bond acceptors (Lipinski definition) is 7. The van der Waals surface area contributed by atoms with Crippen LogP contribution in [-0.4, -0.2) is 63.5 Å². The van der Waals surface area contributed by atoms with Crippen molar-refractivity contribution >= 4 is 65.9 Å². The van der Waals surface area contributed by atoms with Crippen LogP contribution in [0, 0.1) is 11.8 Å². The molecule has 4 rings (SSSR count). The molecule has 1 aromatic carbocycles. The van der Waals surface area contributed by atoms with Crippen molar-refractivity contribution in [1.82, 2.24) is 14.9 Å². The Kier molecular flexibility index (Phi) is 14.6. The van der Waals surface area contributed by atoms with E-state index in [9.17, 15) is 15.0 Å². The van der Waals surface area contributed by atoms with Gasteiger partial charge in [-0.25, -0.2) is 4.98 Å². The molecule has 0 amide bonds. The number of carbonyl (C=O) groups is 1. The summed E-state index contributed by atoms with van der Waals surface area (Å²) in [5.41, 5.74) is 1.61. The van der Waals surface area contributed by atoms with Crippen molar-refractivity contribution in [2.24, 2.45) is 11.8 Å². The second kappa shape index (κ2) is 16.2. The first-order valence-corrected chi connectivity index (χ1v) is 12.6. The number of fused-ring (bicyclic) bond motifs is 1. The van der Waals surface area contributed by atoms with Gasteiger partial charge in [-0.15, -0.1) is 49.0 Å². The summed E-state index contributed by atoms with van der Waals surface area (Å²) in [5.74, 6) is 0.476. The van der Waals surface area contributed by atoms with Crippen molar-refractivity contribution in [3.8, 4) is 5.75 Å². The first-order chi connectivity index (χ1) is 16.5. The number of pyridine rings is 2. The molecule has 3 aromatic rings. The number of likely N-dealkylation sites (tertiary alicyclic amines) is 1. The van der Waals surface area contributed by atoms with Crippen molar-refractivity contribution < 1.29 is 19.7 Å². The highest BCUT2D eigenvalue weighted by Crippen LogP contribution is 2.34. The van der Waals surface area contributed by atoms with Gasteiger partial charge in [0.15, 0.2) is 0 Å². The van der Waals surface area contributed by atoms with E-state index < -0.39 is 18.0 Å². The zero-order chi connectivity index (χ0) is 23.9. The van der Waals surface area contributed by atoms with Gasteiger partial charge in [-0.05, 0) is 73.7 Å². The SMILES string of the molecule is COc1ccc2nccc([C@H](O)CC[C@@H]3CCN(CCSc4ccccn4)C[C@@H]3C(=O)O)c2c1.Cl.Cl.Cl. The van der Waals surface area contributed by atoms with Gasteiger partial charge in [0.2, 0.25) is 0 Å². The van der Waals surface area contributed by atoms with E-state index in [1.807, 2.05) is 42.5 Å². The van der Waals surface area contributed by atoms with Crippen molar-refractivity contribution in [3.63, 3.8) is 0 Å². The number of rotatable bonds is 10. The lowest BCUT2D eigenvalue weighted by molar-refractivity contribution is -0.146. The largest absolute Gasteiger partial charge is 0.497 e. The number of carboxylic acid groups (broad SMARTS) is 1. The summed E-state index contributed by atoms with van der Waals surface area (Å²) in [6.07, 6.45) is 4.81. The summed E-state index contributed by atoms with van der Waals surface area (Å²) in [5, 5.41) is 22.7. The second-order valence-corrected chi connectivity index (χ2v) is 9.80. The number of nitrogens with zero attached hydrogens (tertiary/aromatic N) is 3. The second-order valence-electron chi connectivity index (χ2n) is 8.69. The minimum absolute atomic E-state index is 0. The van der Waals surface area contributed by atoms with E-state index in [0.29, 0.717) is 25.1 Å². The third kappa shape index (κ3) is 8.87. The normalized spacial score (nSPS) is 18.1. The quantitative estimate of drug-likeness (QED) is 0.298. The number of benzene rings is 1. The lowest BCUT2D eigenvalue weighted by Gasteiger charge is -2.36. The van der Waals surface area contributed by atoms with Crippen LogP contribution in [0.1, 0.15) is 30.9 Å². The topological polar surface area (TPSA) is 95.8 Å². The monoisotopic (exact) mass is 589 g/mol. The Hall–Kier alpha value is -1.81. The molecular weight excluding hydrogens is 557 g/mol. The van der Waals surface area contributed by atoms with E-state index in [2.05, 4.69) is 14.9 Å². The van der Waals surface area contributed by atoms with Gasteiger partial charge in [-0.1, -0.05) is 6.07 Å². The highest BCUT2D eigenvalue weighted by molar-refractivity contribution is 7.99. The highest BCUT2D eigenvalue weighted by atomic mass is 35.5. The molecule has 11 heteroatoms. The smallest absolute Gasteiger partial charge is 0.308 e. The Bertz CT molecular complexity index is 1110. The Morgan fingerprint density at radius 3 is 2.68 bits per heavy atom. The number of hydrogen-bond donors (Lipinski definition) is 2. The molecule has 0 bridgehead atoms. The fraction of sp³-hybridized carbons (Fsp3) is 0.423. The molecule has 0 saturated carbocycles. The van der Waals surface area contributed by atoms with Gasteiger partial charge in [0, 0.05) is 36.6 Å². The van der Waals surface area contributed by atoms with E-state index in [-0.39, 0.29) is 43.1 Å². The minimum Gasteiger partial charge on any atom is -0.497 e. The number of aromatic nitrogens is 2. The van der Waals surface area contributed by atoms with Crippen molar-refractivity contribution in [2.45, 2.75) is 30.4 Å². The molecule has 3 atom stereocenters. The average Bonchev–Trinajstić information content (AvgIpc) is 2.87. The Morgan fingerprint density at radius 2 is 1.97 bits per heavy atom. The number of thioether (sulfide) groups is 1. The van der Waals surface area contributed by atoms with Gasteiger partial charge in [-0.2, -0.15) is 0 Å². The molecule has 1 aliphatic rings. The maximum Gasteiger partial charge on any atom is 0.308 e. The van der Waals surface area contributed by atoms with Crippen LogP contribution in [0.3, 0.4) is 0 Å². The lowest BCUT2D eigenvalue weighted by atomic mass is 9.81. The minimum atomic E-state index is -0.749. The number of methoxy groups -OCH3 is 1. The summed E-state index contributed by atoms with van der Waals surface area (Å²) >= 11 is 1.69. The van der Waals surface area contributed by atoms with Crippen LogP contribution in [-0.2, 0) is 4.79 Å². The Labute approximate surface area is 240 Å². The highest BCUT2D eigenvalue weighted by Gasteiger charge is 2.34. The van der Waals surface area contributed by atoms with Crippen LogP contribution in [0.5, 0.6) is 5.75 Å². The molecule has 37 heavy (non-hydrogen) atoms. The molecule has 2 aromatic heterocycles. The lowest BCUT2D eigenvalue weighted by Crippen LogP contribution is -2.44. The molecule has 2 N–H and O–H groups in total. The molecule has 0 unspecified atom stereocenters. The van der Waals surface area contributed by atoms with E-state index in [1.54, 1.807) is 31.3 Å². The van der Waals surface area contributed by atoms with Crippen molar-refractivity contribution in [3.05, 3.63) is 60.4 Å². The first kappa shape index (κ1) is 33.2. The maximum absolute atomic E-state index is 12.0. The maximum atomic E-state index is 12.0. The molecule has 204 valence electrons. The van der Waals surface area contributed by atoms with Crippen LogP contribution < -0.4 is 4.74 Å². The molecule has 0 spiro atoms. The molecule has 3 heterocycles. The van der Waals surface area contributed by atoms with E-state index in [0.717, 1.165) is 46.8 Å². The van der Waals surface area contributed by atoms with Gasteiger partial charge >= 0.3 is 5.97 Å². The Morgan fingerprint density at radius 1 is 1.16 bits per heavy atom. The van der Waals surface area contributed by atoms with E-state index >= 15 is 0 Å². The van der Waals surface area contributed by atoms with Crippen LogP contribution in [0.15, 0.2) is 59.9 Å². The van der Waals surface area contributed by atoms with E-state index in [1.165, 1.54) is 0 Å². The van der Waals surface area contributed by atoms with E-state index in [4.69, 9.17) is 4.74 Å². The molecule has 1 saturated heterocycles. The van der Waals surface area contributed by atoms with Gasteiger partial charge < -0.3 is 19.8 Å². The standard InChI is InChI=1S/C26H31N3O4S.3ClH/c1-33-19-6-7-23-21(16-19)20(9-12-27-23)24(30)8-5-18-10-13-29(17-22(18)26(31)32)14-15-34-25-4-2-3-11-28-25;;;/h2-4,6-7,9,11-12,16,18,22,24,30H,5,8,10,13-15,17H2,1H3,(H,31,32);3*1H/t18-,22+,24-;;;/m1.../s1. The number of aliphatic hydroxyl groups is 1. The molecular formula is C26H34Cl3N3O4S. The summed E-state index contributed by atoms with van der Waals surface area (Å²) in [4.78, 5) is 23.0. The predicted octanol–water partition coefficient (Wildman–Crippen LogP) is 5.53. The first-order valence-electron chi connectivity index (χ1n) is 11.6. The molecule has 0 aliphatic carbocycles. The third-order valence-electron chi connectivity index (χ3n) is 6.60. The number of piperidine rings is 1.